The second kappa shape index (κ2) is 10.5. The van der Waals surface area contributed by atoms with E-state index in [1.165, 1.54) is 0 Å². The Morgan fingerprint density at radius 3 is 2.52 bits per heavy atom. The summed E-state index contributed by atoms with van der Waals surface area (Å²) in [5, 5.41) is 3.34. The quantitative estimate of drug-likeness (QED) is 0.601. The molecule has 1 aliphatic heterocycles. The van der Waals surface area contributed by atoms with Gasteiger partial charge in [-0.05, 0) is 26.0 Å². The van der Waals surface area contributed by atoms with Crippen LogP contribution in [0.3, 0.4) is 0 Å². The molecule has 1 unspecified atom stereocenters. The number of methoxy groups -OCH3 is 1. The summed E-state index contributed by atoms with van der Waals surface area (Å²) in [7, 11) is 3.39. The van der Waals surface area contributed by atoms with E-state index in [-0.39, 0.29) is 12.2 Å². The van der Waals surface area contributed by atoms with Crippen LogP contribution in [0, 0.1) is 0 Å². The van der Waals surface area contributed by atoms with E-state index < -0.39 is 0 Å². The van der Waals surface area contributed by atoms with Crippen LogP contribution in [0.5, 0.6) is 11.5 Å². The van der Waals surface area contributed by atoms with Crippen molar-refractivity contribution in [3.63, 3.8) is 0 Å². The fourth-order valence-corrected chi connectivity index (χ4v) is 2.83. The predicted octanol–water partition coefficient (Wildman–Crippen LogP) is 1.81. The highest BCUT2D eigenvalue weighted by atomic mass is 16.6. The van der Waals surface area contributed by atoms with Crippen LogP contribution in [0.2, 0.25) is 0 Å². The van der Waals surface area contributed by atoms with Crippen molar-refractivity contribution in [1.29, 1.82) is 0 Å². The Hall–Kier alpha value is -2.64. The summed E-state index contributed by atoms with van der Waals surface area (Å²) in [5.41, 5.74) is 0. The van der Waals surface area contributed by atoms with Gasteiger partial charge >= 0.3 is 6.09 Å². The molecular formula is C19H30N4O4. The van der Waals surface area contributed by atoms with Crippen molar-refractivity contribution in [2.24, 2.45) is 4.99 Å². The third kappa shape index (κ3) is 6.23. The van der Waals surface area contributed by atoms with Gasteiger partial charge < -0.3 is 29.3 Å². The van der Waals surface area contributed by atoms with Crippen molar-refractivity contribution < 1.29 is 19.0 Å². The number of rotatable bonds is 6. The molecule has 0 bridgehead atoms. The molecular weight excluding hydrogens is 348 g/mol. The van der Waals surface area contributed by atoms with Crippen LogP contribution < -0.4 is 14.8 Å². The van der Waals surface area contributed by atoms with Crippen molar-refractivity contribution in [3.05, 3.63) is 24.3 Å². The van der Waals surface area contributed by atoms with E-state index in [9.17, 15) is 4.79 Å². The zero-order valence-corrected chi connectivity index (χ0v) is 16.6. The molecule has 8 heteroatoms. The maximum absolute atomic E-state index is 11.8. The number of nitrogens with zero attached hydrogens (tertiary/aromatic N) is 3. The Bertz CT molecular complexity index is 630. The number of hydrogen-bond acceptors (Lipinski definition) is 5. The van der Waals surface area contributed by atoms with Crippen molar-refractivity contribution >= 4 is 12.1 Å². The van der Waals surface area contributed by atoms with E-state index in [1.54, 1.807) is 19.1 Å². The average Bonchev–Trinajstić information content (AvgIpc) is 2.69. The van der Waals surface area contributed by atoms with Gasteiger partial charge in [-0.2, -0.15) is 0 Å². The maximum atomic E-state index is 11.8. The number of nitrogens with one attached hydrogen (secondary N) is 1. The third-order valence-electron chi connectivity index (χ3n) is 4.24. The predicted molar refractivity (Wildman–Crippen MR) is 105 cm³/mol. The molecule has 8 nitrogen and oxygen atoms in total. The first-order chi connectivity index (χ1) is 13.1. The molecule has 27 heavy (non-hydrogen) atoms. The number of hydrogen-bond donors (Lipinski definition) is 1. The van der Waals surface area contributed by atoms with Crippen LogP contribution in [-0.2, 0) is 4.74 Å². The summed E-state index contributed by atoms with van der Waals surface area (Å²) in [6.07, 6.45) is -0.296. The first kappa shape index (κ1) is 20.7. The molecule has 0 spiro atoms. The Balaban J connectivity index is 1.79. The van der Waals surface area contributed by atoms with Gasteiger partial charge in [-0.1, -0.05) is 6.07 Å². The van der Waals surface area contributed by atoms with E-state index in [0.29, 0.717) is 39.3 Å². The topological polar surface area (TPSA) is 75.6 Å². The Labute approximate surface area is 161 Å². The second-order valence-corrected chi connectivity index (χ2v) is 6.21. The molecule has 1 saturated heterocycles. The molecule has 0 aliphatic carbocycles. The van der Waals surface area contributed by atoms with Gasteiger partial charge in [-0.25, -0.2) is 4.79 Å². The van der Waals surface area contributed by atoms with E-state index in [0.717, 1.165) is 17.5 Å². The fraction of sp³-hybridized carbons (Fsp3) is 0.579. The van der Waals surface area contributed by atoms with Crippen LogP contribution in [-0.4, -0.2) is 81.4 Å². The zero-order chi connectivity index (χ0) is 19.6. The summed E-state index contributed by atoms with van der Waals surface area (Å²) < 4.78 is 16.2. The Morgan fingerprint density at radius 2 is 1.89 bits per heavy atom. The number of ether oxygens (including phenoxy) is 3. The van der Waals surface area contributed by atoms with Gasteiger partial charge in [0.1, 0.15) is 17.6 Å². The standard InChI is InChI=1S/C19H30N4O4/c1-5-26-19(24)23-11-9-22(10-12-23)18(20-3)21-14-15(2)27-17-8-6-7-16(13-17)25-4/h6-8,13,15H,5,9-12,14H2,1-4H3,(H,20,21). The Morgan fingerprint density at radius 1 is 1.22 bits per heavy atom. The molecule has 1 heterocycles. The molecule has 0 aromatic heterocycles. The highest BCUT2D eigenvalue weighted by Crippen LogP contribution is 2.19. The van der Waals surface area contributed by atoms with E-state index in [4.69, 9.17) is 14.2 Å². The molecule has 0 radical (unpaired) electrons. The SMILES string of the molecule is CCOC(=O)N1CCN(C(=NC)NCC(C)Oc2cccc(OC)c2)CC1. The number of piperazine rings is 1. The van der Waals surface area contributed by atoms with Gasteiger partial charge in [0.15, 0.2) is 5.96 Å². The molecule has 1 fully saturated rings. The maximum Gasteiger partial charge on any atom is 0.409 e. The van der Waals surface area contributed by atoms with E-state index in [2.05, 4.69) is 15.2 Å². The fourth-order valence-electron chi connectivity index (χ4n) is 2.83. The normalized spacial score (nSPS) is 15.9. The monoisotopic (exact) mass is 378 g/mol. The number of carbonyl (C=O) groups is 1. The highest BCUT2D eigenvalue weighted by Gasteiger charge is 2.23. The lowest BCUT2D eigenvalue weighted by Crippen LogP contribution is -2.54. The minimum atomic E-state index is -0.250. The number of aliphatic imine (C=N–C) groups is 1. The molecule has 150 valence electrons. The first-order valence-electron chi connectivity index (χ1n) is 9.25. The molecule has 2 rings (SSSR count). The second-order valence-electron chi connectivity index (χ2n) is 6.21. The minimum absolute atomic E-state index is 0.0466. The lowest BCUT2D eigenvalue weighted by molar-refractivity contribution is 0.0913. The van der Waals surface area contributed by atoms with Crippen LogP contribution in [0.25, 0.3) is 0 Å². The van der Waals surface area contributed by atoms with Gasteiger partial charge in [-0.15, -0.1) is 0 Å². The summed E-state index contributed by atoms with van der Waals surface area (Å²) >= 11 is 0. The number of guanidine groups is 1. The summed E-state index contributed by atoms with van der Waals surface area (Å²) in [6.45, 7) is 7.49. The van der Waals surface area contributed by atoms with Gasteiger partial charge in [0, 0.05) is 39.3 Å². The van der Waals surface area contributed by atoms with Crippen LogP contribution in [0.4, 0.5) is 4.79 Å². The van der Waals surface area contributed by atoms with Crippen molar-refractivity contribution in [3.8, 4) is 11.5 Å². The molecule has 1 N–H and O–H groups in total. The van der Waals surface area contributed by atoms with E-state index >= 15 is 0 Å². The van der Waals surface area contributed by atoms with E-state index in [1.807, 2.05) is 38.1 Å². The smallest absolute Gasteiger partial charge is 0.409 e. The first-order valence-corrected chi connectivity index (χ1v) is 9.25. The number of carbonyl (C=O) groups excluding carboxylic acids is 1. The van der Waals surface area contributed by atoms with Crippen molar-refractivity contribution in [2.75, 3.05) is 53.5 Å². The molecule has 1 aromatic rings. The summed E-state index contributed by atoms with van der Waals surface area (Å²) in [5.74, 6) is 2.34. The lowest BCUT2D eigenvalue weighted by atomic mass is 10.3. The van der Waals surface area contributed by atoms with Gasteiger partial charge in [0.05, 0.1) is 20.3 Å². The number of benzene rings is 1. The largest absolute Gasteiger partial charge is 0.497 e. The zero-order valence-electron chi connectivity index (χ0n) is 16.6. The number of amides is 1. The average molecular weight is 378 g/mol. The highest BCUT2D eigenvalue weighted by molar-refractivity contribution is 5.80. The van der Waals surface area contributed by atoms with Gasteiger partial charge in [0.2, 0.25) is 0 Å². The third-order valence-corrected chi connectivity index (χ3v) is 4.24. The summed E-state index contributed by atoms with van der Waals surface area (Å²) in [4.78, 5) is 20.0. The van der Waals surface area contributed by atoms with Crippen LogP contribution in [0.15, 0.2) is 29.3 Å². The summed E-state index contributed by atoms with van der Waals surface area (Å²) in [6, 6.07) is 7.55. The minimum Gasteiger partial charge on any atom is -0.497 e. The van der Waals surface area contributed by atoms with Crippen molar-refractivity contribution in [2.45, 2.75) is 20.0 Å². The molecule has 1 amide bonds. The molecule has 1 aromatic carbocycles. The van der Waals surface area contributed by atoms with Gasteiger partial charge in [0.25, 0.3) is 0 Å². The molecule has 1 aliphatic rings. The van der Waals surface area contributed by atoms with Gasteiger partial charge in [-0.3, -0.25) is 4.99 Å². The van der Waals surface area contributed by atoms with Crippen molar-refractivity contribution in [1.82, 2.24) is 15.1 Å². The lowest BCUT2D eigenvalue weighted by Gasteiger charge is -2.36. The molecule has 0 saturated carbocycles. The van der Waals surface area contributed by atoms with Crippen LogP contribution in [0.1, 0.15) is 13.8 Å². The van der Waals surface area contributed by atoms with Crippen LogP contribution >= 0.6 is 0 Å². The Kier molecular flexibility index (Phi) is 8.03. The molecule has 1 atom stereocenters.